The first-order chi connectivity index (χ1) is 16.5. The summed E-state index contributed by atoms with van der Waals surface area (Å²) in [4.78, 5) is 26.4. The molecule has 0 unspecified atom stereocenters. The number of halogens is 2. The van der Waals surface area contributed by atoms with Gasteiger partial charge >= 0.3 is 0 Å². The largest absolute Gasteiger partial charge is 0.381 e. The van der Waals surface area contributed by atoms with E-state index in [1.807, 2.05) is 22.6 Å². The van der Waals surface area contributed by atoms with Gasteiger partial charge in [-0.05, 0) is 73.4 Å². The van der Waals surface area contributed by atoms with Crippen molar-refractivity contribution in [3.8, 4) is 0 Å². The zero-order valence-electron chi connectivity index (χ0n) is 19.5. The number of aromatic nitrogens is 1. The summed E-state index contributed by atoms with van der Waals surface area (Å²) >= 11 is 2.00. The molecule has 0 aliphatic heterocycles. The first-order valence-corrected chi connectivity index (χ1v) is 13.8. The Kier molecular flexibility index (Phi) is 7.41. The van der Waals surface area contributed by atoms with Gasteiger partial charge in [-0.2, -0.15) is 13.1 Å². The monoisotopic (exact) mass is 618 g/mol. The van der Waals surface area contributed by atoms with Gasteiger partial charge in [-0.15, -0.1) is 0 Å². The van der Waals surface area contributed by atoms with Crippen LogP contribution >= 0.6 is 22.6 Å². The third kappa shape index (κ3) is 5.78. The van der Waals surface area contributed by atoms with E-state index in [0.717, 1.165) is 12.8 Å². The average Bonchev–Trinajstić information content (AvgIpc) is 3.59. The summed E-state index contributed by atoms with van der Waals surface area (Å²) in [6, 6.07) is 4.29. The van der Waals surface area contributed by atoms with E-state index in [2.05, 4.69) is 25.4 Å². The van der Waals surface area contributed by atoms with Crippen molar-refractivity contribution in [1.29, 1.82) is 0 Å². The van der Waals surface area contributed by atoms with Crippen LogP contribution in [-0.4, -0.2) is 44.1 Å². The molecule has 0 bridgehead atoms. The number of nitrogens with zero attached hydrogens (tertiary/aromatic N) is 1. The third-order valence-corrected chi connectivity index (χ3v) is 8.08. The molecule has 4 rings (SSSR count). The predicted octanol–water partition coefficient (Wildman–Crippen LogP) is 2.07. The zero-order valence-corrected chi connectivity index (χ0v) is 22.5. The van der Waals surface area contributed by atoms with E-state index in [0.29, 0.717) is 27.7 Å². The Morgan fingerprint density at radius 2 is 1.86 bits per heavy atom. The van der Waals surface area contributed by atoms with E-state index in [-0.39, 0.29) is 46.7 Å². The van der Waals surface area contributed by atoms with Gasteiger partial charge in [0.15, 0.2) is 0 Å². The molecule has 0 radical (unpaired) electrons. The molecule has 2 aliphatic carbocycles. The lowest BCUT2D eigenvalue weighted by molar-refractivity contribution is 0.0952. The smallest absolute Gasteiger partial charge is 0.276 e. The van der Waals surface area contributed by atoms with Crippen LogP contribution in [0, 0.1) is 16.3 Å². The number of rotatable bonds is 9. The van der Waals surface area contributed by atoms with Crippen molar-refractivity contribution < 1.29 is 17.6 Å². The van der Waals surface area contributed by atoms with E-state index in [9.17, 15) is 22.4 Å². The van der Waals surface area contributed by atoms with Crippen molar-refractivity contribution in [1.82, 2.24) is 19.3 Å². The molecule has 2 saturated carbocycles. The van der Waals surface area contributed by atoms with E-state index in [4.69, 9.17) is 0 Å². The second-order valence-corrected chi connectivity index (χ2v) is 11.8. The maximum atomic E-state index is 14.7. The molecule has 1 heterocycles. The third-order valence-electron chi connectivity index (χ3n) is 6.22. The van der Waals surface area contributed by atoms with Gasteiger partial charge in [0.05, 0.1) is 11.4 Å². The second-order valence-electron chi connectivity index (χ2n) is 8.92. The number of benzene rings is 1. The van der Waals surface area contributed by atoms with Crippen LogP contribution < -0.4 is 31.0 Å². The highest BCUT2D eigenvalue weighted by atomic mass is 127. The summed E-state index contributed by atoms with van der Waals surface area (Å²) in [5, 5.41) is 9.20. The summed E-state index contributed by atoms with van der Waals surface area (Å²) in [6.45, 7) is 1.63. The van der Waals surface area contributed by atoms with Crippen molar-refractivity contribution >= 4 is 55.9 Å². The highest BCUT2D eigenvalue weighted by Gasteiger charge is 2.35. The number of hydrogen-bond donors (Lipinski definition) is 5. The van der Waals surface area contributed by atoms with Gasteiger partial charge in [-0.1, -0.05) is 0 Å². The summed E-state index contributed by atoms with van der Waals surface area (Å²) in [7, 11) is -0.702. The average molecular weight is 618 g/mol. The molecule has 13 heteroatoms. The van der Waals surface area contributed by atoms with E-state index in [1.54, 1.807) is 19.1 Å². The van der Waals surface area contributed by atoms with Crippen molar-refractivity contribution in [2.24, 2.45) is 7.05 Å². The lowest BCUT2D eigenvalue weighted by atomic mass is 9.87. The maximum Gasteiger partial charge on any atom is 0.276 e. The number of carbonyl (C=O) groups is 1. The molecule has 2 fully saturated rings. The van der Waals surface area contributed by atoms with Crippen molar-refractivity contribution in [2.45, 2.75) is 50.7 Å². The number of pyridine rings is 1. The van der Waals surface area contributed by atoms with Crippen LogP contribution in [0.1, 0.15) is 41.6 Å². The fraction of sp³-hybridized carbons (Fsp3) is 0.455. The SMILES string of the molecule is CNS(=O)(=O)NC1CC(Nc2c(C(=O)NC3CC3)c(Nc3ccc(I)cc3F)n(C)c(=O)c2C)C1. The summed E-state index contributed by atoms with van der Waals surface area (Å²) in [5.41, 5.74) is 0.728. The van der Waals surface area contributed by atoms with E-state index in [1.165, 1.54) is 24.7 Å². The normalized spacial score (nSPS) is 19.7. The van der Waals surface area contributed by atoms with Crippen LogP contribution in [0.4, 0.5) is 21.6 Å². The van der Waals surface area contributed by atoms with Gasteiger partial charge in [-0.3, -0.25) is 14.2 Å². The summed E-state index contributed by atoms with van der Waals surface area (Å²) < 4.78 is 44.9. The van der Waals surface area contributed by atoms with Crippen LogP contribution in [0.25, 0.3) is 0 Å². The molecule has 5 N–H and O–H groups in total. The number of amides is 1. The Morgan fingerprint density at radius 1 is 1.17 bits per heavy atom. The van der Waals surface area contributed by atoms with Gasteiger partial charge in [-0.25, -0.2) is 9.11 Å². The first kappa shape index (κ1) is 25.9. The molecule has 1 aromatic carbocycles. The minimum Gasteiger partial charge on any atom is -0.381 e. The molecule has 1 amide bonds. The van der Waals surface area contributed by atoms with Crippen LogP contribution in [0.2, 0.25) is 0 Å². The van der Waals surface area contributed by atoms with E-state index >= 15 is 0 Å². The molecule has 0 atom stereocenters. The van der Waals surface area contributed by atoms with Crippen molar-refractivity contribution in [2.75, 3.05) is 17.7 Å². The molecule has 0 saturated heterocycles. The number of anilines is 3. The van der Waals surface area contributed by atoms with Gasteiger partial charge < -0.3 is 16.0 Å². The number of carbonyl (C=O) groups excluding carboxylic acids is 1. The molecule has 10 nitrogen and oxygen atoms in total. The molecule has 2 aromatic rings. The second kappa shape index (κ2) is 10.0. The highest BCUT2D eigenvalue weighted by molar-refractivity contribution is 14.1. The standard InChI is InChI=1S/C22H28FIN6O4S/c1-11-19(26-14-9-15(10-14)29-35(33,34)25-2)18(21(31)27-13-5-6-13)20(30(3)22(11)32)28-17-7-4-12(24)8-16(17)23/h4,7-8,13-15,25-26,28-29H,5-6,9-10H2,1-3H3,(H,27,31). The lowest BCUT2D eigenvalue weighted by Crippen LogP contribution is -2.52. The summed E-state index contributed by atoms with van der Waals surface area (Å²) in [5.74, 6) is -0.700. The molecule has 2 aliphatic rings. The van der Waals surface area contributed by atoms with Crippen molar-refractivity contribution in [3.05, 3.63) is 49.1 Å². The quantitative estimate of drug-likeness (QED) is 0.274. The van der Waals surface area contributed by atoms with Crippen LogP contribution in [0.5, 0.6) is 0 Å². The number of nitrogens with one attached hydrogen (secondary N) is 5. The Balaban J connectivity index is 1.69. The van der Waals surface area contributed by atoms with Crippen LogP contribution in [0.3, 0.4) is 0 Å². The highest BCUT2D eigenvalue weighted by Crippen LogP contribution is 2.33. The molecule has 35 heavy (non-hydrogen) atoms. The van der Waals surface area contributed by atoms with Gasteiger partial charge in [0, 0.05) is 41.4 Å². The molecule has 0 spiro atoms. The van der Waals surface area contributed by atoms with Gasteiger partial charge in [0.2, 0.25) is 0 Å². The van der Waals surface area contributed by atoms with Crippen LogP contribution in [0.15, 0.2) is 23.0 Å². The minimum atomic E-state index is -3.56. The van der Waals surface area contributed by atoms with E-state index < -0.39 is 16.0 Å². The topological polar surface area (TPSA) is 133 Å². The minimum absolute atomic E-state index is 0.0693. The maximum absolute atomic E-state index is 14.7. The Morgan fingerprint density at radius 3 is 2.46 bits per heavy atom. The number of hydrogen-bond acceptors (Lipinski definition) is 6. The Labute approximate surface area is 216 Å². The molecule has 190 valence electrons. The Hall–Kier alpha value is -2.23. The lowest BCUT2D eigenvalue weighted by Gasteiger charge is -2.37. The summed E-state index contributed by atoms with van der Waals surface area (Å²) in [6.07, 6.45) is 2.72. The zero-order chi connectivity index (χ0) is 25.5. The van der Waals surface area contributed by atoms with Gasteiger partial charge in [0.1, 0.15) is 17.2 Å². The first-order valence-electron chi connectivity index (χ1n) is 11.2. The fourth-order valence-corrected chi connectivity index (χ4v) is 5.20. The Bertz CT molecular complexity index is 1320. The van der Waals surface area contributed by atoms with Crippen LogP contribution in [-0.2, 0) is 17.3 Å². The molecule has 1 aromatic heterocycles. The van der Waals surface area contributed by atoms with Gasteiger partial charge in [0.25, 0.3) is 21.7 Å². The van der Waals surface area contributed by atoms with Crippen molar-refractivity contribution in [3.63, 3.8) is 0 Å². The predicted molar refractivity (Wildman–Crippen MR) is 141 cm³/mol. The fourth-order valence-electron chi connectivity index (χ4n) is 4.00. The molecular formula is C22H28FIN6O4S. The molecular weight excluding hydrogens is 590 g/mol.